The van der Waals surface area contributed by atoms with Crippen LogP contribution in [0, 0.1) is 11.8 Å². The quantitative estimate of drug-likeness (QED) is 0.749. The first-order valence-electron chi connectivity index (χ1n) is 8.71. The summed E-state index contributed by atoms with van der Waals surface area (Å²) < 4.78 is 25.1. The highest BCUT2D eigenvalue weighted by Crippen LogP contribution is 2.29. The summed E-state index contributed by atoms with van der Waals surface area (Å²) in [5, 5.41) is 11.9. The standard InChI is InChI=1S/C18H26N2O5S/c1-12(2)9-15(18(22)23)11-19-17(21)14-6-7-16-13(10-14)5-4-8-20(16)26(3,24)25/h6-7,10,12,15H,4-5,8-9,11H2,1-3H3,(H,19,21)(H,22,23). The molecule has 2 rings (SSSR count). The highest BCUT2D eigenvalue weighted by atomic mass is 32.2. The van der Waals surface area contributed by atoms with Crippen LogP contribution in [0.4, 0.5) is 5.69 Å². The molecule has 0 fully saturated rings. The van der Waals surface area contributed by atoms with Crippen LogP contribution in [0.5, 0.6) is 0 Å². The predicted octanol–water partition coefficient (Wildman–Crippen LogP) is 1.88. The number of benzene rings is 1. The topological polar surface area (TPSA) is 104 Å². The van der Waals surface area contributed by atoms with Gasteiger partial charge >= 0.3 is 5.97 Å². The van der Waals surface area contributed by atoms with Crippen molar-refractivity contribution in [3.8, 4) is 0 Å². The minimum Gasteiger partial charge on any atom is -0.481 e. The number of anilines is 1. The Morgan fingerprint density at radius 2 is 2.00 bits per heavy atom. The van der Waals surface area contributed by atoms with E-state index in [1.54, 1.807) is 18.2 Å². The van der Waals surface area contributed by atoms with Gasteiger partial charge in [0.2, 0.25) is 10.0 Å². The second-order valence-electron chi connectivity index (χ2n) is 7.16. The molecule has 1 aromatic rings. The first kappa shape index (κ1) is 20.2. The Labute approximate surface area is 154 Å². The lowest BCUT2D eigenvalue weighted by molar-refractivity contribution is -0.142. The second-order valence-corrected chi connectivity index (χ2v) is 9.06. The van der Waals surface area contributed by atoms with Crippen molar-refractivity contribution in [1.82, 2.24) is 5.32 Å². The predicted molar refractivity (Wildman–Crippen MR) is 99.9 cm³/mol. The SMILES string of the molecule is CC(C)CC(CNC(=O)c1ccc2c(c1)CCCN2S(C)(=O)=O)C(=O)O. The first-order valence-corrected chi connectivity index (χ1v) is 10.6. The van der Waals surface area contributed by atoms with Crippen LogP contribution in [0.2, 0.25) is 0 Å². The molecule has 0 saturated heterocycles. The monoisotopic (exact) mass is 382 g/mol. The third-order valence-electron chi connectivity index (χ3n) is 4.43. The van der Waals surface area contributed by atoms with Gasteiger partial charge in [0, 0.05) is 18.7 Å². The summed E-state index contributed by atoms with van der Waals surface area (Å²) in [5.41, 5.74) is 1.83. The summed E-state index contributed by atoms with van der Waals surface area (Å²) >= 11 is 0. The zero-order chi connectivity index (χ0) is 19.5. The molecule has 7 nitrogen and oxygen atoms in total. The smallest absolute Gasteiger partial charge is 0.308 e. The van der Waals surface area contributed by atoms with Crippen LogP contribution in [0.1, 0.15) is 42.6 Å². The number of amides is 1. The lowest BCUT2D eigenvalue weighted by Crippen LogP contribution is -2.35. The Morgan fingerprint density at radius 3 is 2.58 bits per heavy atom. The molecule has 0 radical (unpaired) electrons. The molecule has 0 saturated carbocycles. The van der Waals surface area contributed by atoms with Crippen molar-refractivity contribution in [3.63, 3.8) is 0 Å². The molecule has 0 aromatic heterocycles. The van der Waals surface area contributed by atoms with Gasteiger partial charge in [0.1, 0.15) is 0 Å². The average molecular weight is 382 g/mol. The van der Waals surface area contributed by atoms with E-state index in [-0.39, 0.29) is 18.4 Å². The van der Waals surface area contributed by atoms with Crippen molar-refractivity contribution in [2.45, 2.75) is 33.1 Å². The van der Waals surface area contributed by atoms with Crippen molar-refractivity contribution in [3.05, 3.63) is 29.3 Å². The maximum absolute atomic E-state index is 12.4. The Kier molecular flexibility index (Phi) is 6.28. The largest absolute Gasteiger partial charge is 0.481 e. The van der Waals surface area contributed by atoms with Crippen LogP contribution >= 0.6 is 0 Å². The molecule has 0 spiro atoms. The molecule has 1 amide bonds. The van der Waals surface area contributed by atoms with E-state index in [1.165, 1.54) is 10.6 Å². The van der Waals surface area contributed by atoms with Gasteiger partial charge in [-0.05, 0) is 48.9 Å². The molecule has 1 aromatic carbocycles. The Morgan fingerprint density at radius 1 is 1.31 bits per heavy atom. The van der Waals surface area contributed by atoms with Crippen molar-refractivity contribution in [1.29, 1.82) is 0 Å². The Balaban J connectivity index is 2.12. The Bertz CT molecular complexity index is 789. The number of carbonyl (C=O) groups excluding carboxylic acids is 1. The number of hydrogen-bond donors (Lipinski definition) is 2. The minimum absolute atomic E-state index is 0.0683. The third-order valence-corrected chi connectivity index (χ3v) is 5.61. The fourth-order valence-corrected chi connectivity index (χ4v) is 4.20. The van der Waals surface area contributed by atoms with Crippen LogP contribution in [-0.2, 0) is 21.2 Å². The van der Waals surface area contributed by atoms with Crippen LogP contribution in [0.3, 0.4) is 0 Å². The molecule has 8 heteroatoms. The second kappa shape index (κ2) is 8.07. The molecular weight excluding hydrogens is 356 g/mol. The van der Waals surface area contributed by atoms with E-state index >= 15 is 0 Å². The van der Waals surface area contributed by atoms with Gasteiger partial charge in [-0.3, -0.25) is 13.9 Å². The van der Waals surface area contributed by atoms with E-state index in [0.29, 0.717) is 37.1 Å². The number of nitrogens with one attached hydrogen (secondary N) is 1. The molecule has 1 aliphatic heterocycles. The summed E-state index contributed by atoms with van der Waals surface area (Å²) in [7, 11) is -3.35. The number of rotatable bonds is 7. The lowest BCUT2D eigenvalue weighted by Gasteiger charge is -2.29. The molecule has 1 unspecified atom stereocenters. The number of carboxylic acids is 1. The molecule has 0 bridgehead atoms. The van der Waals surface area contributed by atoms with Crippen LogP contribution < -0.4 is 9.62 Å². The molecule has 144 valence electrons. The van der Waals surface area contributed by atoms with E-state index in [1.807, 2.05) is 13.8 Å². The molecule has 0 aliphatic carbocycles. The summed E-state index contributed by atoms with van der Waals surface area (Å²) in [6.45, 7) is 4.38. The van der Waals surface area contributed by atoms with Gasteiger partial charge in [0.05, 0.1) is 17.9 Å². The number of fused-ring (bicyclic) bond motifs is 1. The van der Waals surface area contributed by atoms with Crippen molar-refractivity contribution in [2.75, 3.05) is 23.7 Å². The van der Waals surface area contributed by atoms with E-state index < -0.39 is 21.9 Å². The number of hydrogen-bond acceptors (Lipinski definition) is 4. The average Bonchev–Trinajstić information content (AvgIpc) is 2.55. The maximum Gasteiger partial charge on any atom is 0.308 e. The van der Waals surface area contributed by atoms with Crippen molar-refractivity contribution < 1.29 is 23.1 Å². The number of sulfonamides is 1. The van der Waals surface area contributed by atoms with Crippen LogP contribution in [0.15, 0.2) is 18.2 Å². The lowest BCUT2D eigenvalue weighted by atomic mass is 9.97. The van der Waals surface area contributed by atoms with Crippen molar-refractivity contribution in [2.24, 2.45) is 11.8 Å². The van der Waals surface area contributed by atoms with Crippen molar-refractivity contribution >= 4 is 27.6 Å². The van der Waals surface area contributed by atoms with E-state index in [9.17, 15) is 23.1 Å². The van der Waals surface area contributed by atoms with E-state index in [0.717, 1.165) is 5.56 Å². The van der Waals surface area contributed by atoms with Gasteiger partial charge in [0.25, 0.3) is 5.91 Å². The summed E-state index contributed by atoms with van der Waals surface area (Å²) in [5.74, 6) is -1.68. The van der Waals surface area contributed by atoms with Gasteiger partial charge in [-0.1, -0.05) is 13.8 Å². The number of aryl methyl sites for hydroxylation is 1. The zero-order valence-corrected chi connectivity index (χ0v) is 16.2. The fourth-order valence-electron chi connectivity index (χ4n) is 3.21. The number of carbonyl (C=O) groups is 2. The minimum atomic E-state index is -3.35. The molecule has 26 heavy (non-hydrogen) atoms. The summed E-state index contributed by atoms with van der Waals surface area (Å²) in [4.78, 5) is 23.7. The molecule has 1 atom stereocenters. The van der Waals surface area contributed by atoms with Gasteiger partial charge in [0.15, 0.2) is 0 Å². The third kappa shape index (κ3) is 4.97. The first-order chi connectivity index (χ1) is 12.1. The highest BCUT2D eigenvalue weighted by Gasteiger charge is 2.25. The van der Waals surface area contributed by atoms with Gasteiger partial charge in [-0.25, -0.2) is 8.42 Å². The molecule has 1 heterocycles. The number of carboxylic acid groups (broad SMARTS) is 1. The van der Waals surface area contributed by atoms with Gasteiger partial charge < -0.3 is 10.4 Å². The fraction of sp³-hybridized carbons (Fsp3) is 0.556. The Hall–Kier alpha value is -2.09. The molecule has 2 N–H and O–H groups in total. The zero-order valence-electron chi connectivity index (χ0n) is 15.4. The van der Waals surface area contributed by atoms with Gasteiger partial charge in [-0.2, -0.15) is 0 Å². The van der Waals surface area contributed by atoms with E-state index in [2.05, 4.69) is 5.32 Å². The van der Waals surface area contributed by atoms with Crippen LogP contribution in [0.25, 0.3) is 0 Å². The van der Waals surface area contributed by atoms with Gasteiger partial charge in [-0.15, -0.1) is 0 Å². The summed E-state index contributed by atoms with van der Waals surface area (Å²) in [6.07, 6.45) is 3.06. The number of nitrogens with zero attached hydrogens (tertiary/aromatic N) is 1. The normalized spacial score (nSPS) is 15.5. The molecular formula is C18H26N2O5S. The number of aliphatic carboxylic acids is 1. The summed E-state index contributed by atoms with van der Waals surface area (Å²) in [6, 6.07) is 4.92. The van der Waals surface area contributed by atoms with Crippen LogP contribution in [-0.4, -0.2) is 44.7 Å². The maximum atomic E-state index is 12.4. The van der Waals surface area contributed by atoms with E-state index in [4.69, 9.17) is 0 Å². The molecule has 1 aliphatic rings. The highest BCUT2D eigenvalue weighted by molar-refractivity contribution is 7.92.